The smallest absolute Gasteiger partial charge is 0.160 e. The number of hydrogen-bond donors (Lipinski definition) is 0. The molecule has 2 aromatic rings. The van der Waals surface area contributed by atoms with Crippen LogP contribution in [0.1, 0.15) is 0 Å². The Morgan fingerprint density at radius 3 is 2.25 bits per heavy atom. The van der Waals surface area contributed by atoms with Crippen molar-refractivity contribution in [2.45, 2.75) is 0 Å². The SMILES string of the molecule is Clc1ccccc1Oc1c(Cl)cccc1Br. The first-order valence-electron chi connectivity index (χ1n) is 4.55. The van der Waals surface area contributed by atoms with Gasteiger partial charge < -0.3 is 4.74 Å². The van der Waals surface area contributed by atoms with Crippen LogP contribution in [0.5, 0.6) is 11.5 Å². The van der Waals surface area contributed by atoms with Crippen LogP contribution in [0.15, 0.2) is 46.9 Å². The molecular weight excluding hydrogens is 311 g/mol. The summed E-state index contributed by atoms with van der Waals surface area (Å²) in [5.41, 5.74) is 0. The average molecular weight is 318 g/mol. The maximum atomic E-state index is 6.03. The van der Waals surface area contributed by atoms with Gasteiger partial charge in [0.25, 0.3) is 0 Å². The number of halogens is 3. The molecule has 0 unspecified atom stereocenters. The van der Waals surface area contributed by atoms with E-state index in [2.05, 4.69) is 15.9 Å². The molecule has 0 aliphatic carbocycles. The van der Waals surface area contributed by atoms with Crippen LogP contribution >= 0.6 is 39.1 Å². The van der Waals surface area contributed by atoms with E-state index in [1.54, 1.807) is 18.2 Å². The van der Waals surface area contributed by atoms with E-state index in [1.165, 1.54) is 0 Å². The largest absolute Gasteiger partial charge is 0.453 e. The summed E-state index contributed by atoms with van der Waals surface area (Å²) in [6.07, 6.45) is 0. The Morgan fingerprint density at radius 1 is 0.875 bits per heavy atom. The van der Waals surface area contributed by atoms with Gasteiger partial charge >= 0.3 is 0 Å². The van der Waals surface area contributed by atoms with Gasteiger partial charge in [0.05, 0.1) is 14.5 Å². The van der Waals surface area contributed by atoms with E-state index in [-0.39, 0.29) is 0 Å². The third kappa shape index (κ3) is 2.51. The minimum Gasteiger partial charge on any atom is -0.453 e. The van der Waals surface area contributed by atoms with Gasteiger partial charge in [-0.1, -0.05) is 41.4 Å². The number of ether oxygens (including phenoxy) is 1. The minimum absolute atomic E-state index is 0.536. The fraction of sp³-hybridized carbons (Fsp3) is 0. The zero-order valence-electron chi connectivity index (χ0n) is 8.08. The molecule has 0 fully saturated rings. The molecule has 2 aromatic carbocycles. The number of benzene rings is 2. The summed E-state index contributed by atoms with van der Waals surface area (Å²) in [6, 6.07) is 12.7. The molecule has 0 radical (unpaired) electrons. The van der Waals surface area contributed by atoms with Gasteiger partial charge in [0.1, 0.15) is 5.75 Å². The van der Waals surface area contributed by atoms with Crippen molar-refractivity contribution < 1.29 is 4.74 Å². The fourth-order valence-corrected chi connectivity index (χ4v) is 2.17. The number of rotatable bonds is 2. The number of hydrogen-bond acceptors (Lipinski definition) is 1. The van der Waals surface area contributed by atoms with Gasteiger partial charge in [-0.2, -0.15) is 0 Å². The Balaban J connectivity index is 2.38. The highest BCUT2D eigenvalue weighted by Gasteiger charge is 2.09. The predicted molar refractivity (Wildman–Crippen MR) is 70.7 cm³/mol. The molecule has 0 aliphatic heterocycles. The van der Waals surface area contributed by atoms with E-state index in [9.17, 15) is 0 Å². The van der Waals surface area contributed by atoms with Crippen LogP contribution in [0.25, 0.3) is 0 Å². The van der Waals surface area contributed by atoms with Crippen molar-refractivity contribution in [2.24, 2.45) is 0 Å². The first-order chi connectivity index (χ1) is 7.68. The fourth-order valence-electron chi connectivity index (χ4n) is 1.22. The molecule has 82 valence electrons. The van der Waals surface area contributed by atoms with Crippen LogP contribution in [0.2, 0.25) is 10.0 Å². The maximum Gasteiger partial charge on any atom is 0.160 e. The molecule has 0 heterocycles. The van der Waals surface area contributed by atoms with Crippen molar-refractivity contribution in [3.05, 3.63) is 57.0 Å². The van der Waals surface area contributed by atoms with Crippen molar-refractivity contribution in [1.29, 1.82) is 0 Å². The maximum absolute atomic E-state index is 6.03. The normalized spacial score (nSPS) is 10.2. The molecule has 0 aromatic heterocycles. The molecule has 0 saturated heterocycles. The molecule has 0 aliphatic rings. The minimum atomic E-state index is 0.536. The molecule has 16 heavy (non-hydrogen) atoms. The van der Waals surface area contributed by atoms with Gasteiger partial charge in [-0.15, -0.1) is 0 Å². The Morgan fingerprint density at radius 2 is 1.56 bits per heavy atom. The lowest BCUT2D eigenvalue weighted by Gasteiger charge is -2.10. The Labute approximate surface area is 112 Å². The molecule has 0 N–H and O–H groups in total. The summed E-state index contributed by atoms with van der Waals surface area (Å²) in [6.45, 7) is 0. The molecule has 0 atom stereocenters. The number of para-hydroxylation sites is 2. The average Bonchev–Trinajstić information content (AvgIpc) is 2.26. The van der Waals surface area contributed by atoms with Gasteiger partial charge in [0, 0.05) is 0 Å². The molecule has 0 amide bonds. The zero-order chi connectivity index (χ0) is 11.5. The van der Waals surface area contributed by atoms with Gasteiger partial charge in [-0.25, -0.2) is 0 Å². The Hall–Kier alpha value is -0.700. The molecule has 2 rings (SSSR count). The summed E-state index contributed by atoms with van der Waals surface area (Å²) in [4.78, 5) is 0. The standard InChI is InChI=1S/C12H7BrCl2O/c13-8-4-3-6-10(15)12(8)16-11-7-2-1-5-9(11)14/h1-7H. The van der Waals surface area contributed by atoms with E-state index in [0.29, 0.717) is 21.5 Å². The van der Waals surface area contributed by atoms with E-state index in [0.717, 1.165) is 4.47 Å². The topological polar surface area (TPSA) is 9.23 Å². The van der Waals surface area contributed by atoms with Crippen molar-refractivity contribution in [2.75, 3.05) is 0 Å². The van der Waals surface area contributed by atoms with Crippen LogP contribution in [0.4, 0.5) is 0 Å². The molecule has 0 saturated carbocycles. The van der Waals surface area contributed by atoms with Crippen LogP contribution < -0.4 is 4.74 Å². The highest BCUT2D eigenvalue weighted by molar-refractivity contribution is 9.10. The lowest BCUT2D eigenvalue weighted by Crippen LogP contribution is -1.87. The monoisotopic (exact) mass is 316 g/mol. The molecule has 4 heteroatoms. The second-order valence-corrected chi connectivity index (χ2v) is 4.75. The van der Waals surface area contributed by atoms with Crippen LogP contribution in [-0.2, 0) is 0 Å². The van der Waals surface area contributed by atoms with Crippen molar-refractivity contribution in [1.82, 2.24) is 0 Å². The quantitative estimate of drug-likeness (QED) is 0.705. The van der Waals surface area contributed by atoms with Crippen molar-refractivity contribution in [3.8, 4) is 11.5 Å². The summed E-state index contributed by atoms with van der Waals surface area (Å²) in [5, 5.41) is 1.09. The second kappa shape index (κ2) is 5.09. The molecule has 1 nitrogen and oxygen atoms in total. The summed E-state index contributed by atoms with van der Waals surface area (Å²) >= 11 is 15.4. The summed E-state index contributed by atoms with van der Waals surface area (Å²) < 4.78 is 6.45. The first-order valence-corrected chi connectivity index (χ1v) is 6.10. The van der Waals surface area contributed by atoms with E-state index >= 15 is 0 Å². The molecule has 0 bridgehead atoms. The Bertz CT molecular complexity index is 494. The second-order valence-electron chi connectivity index (χ2n) is 3.08. The third-order valence-electron chi connectivity index (χ3n) is 1.97. The predicted octanol–water partition coefficient (Wildman–Crippen LogP) is 5.55. The molecule has 0 spiro atoms. The van der Waals surface area contributed by atoms with Gasteiger partial charge in [-0.3, -0.25) is 0 Å². The van der Waals surface area contributed by atoms with Crippen LogP contribution in [0, 0.1) is 0 Å². The summed E-state index contributed by atoms with van der Waals surface area (Å²) in [7, 11) is 0. The van der Waals surface area contributed by atoms with Crippen LogP contribution in [-0.4, -0.2) is 0 Å². The molecular formula is C12H7BrCl2O. The third-order valence-corrected chi connectivity index (χ3v) is 3.20. The first kappa shape index (κ1) is 11.8. The van der Waals surface area contributed by atoms with Gasteiger partial charge in [-0.05, 0) is 40.2 Å². The highest BCUT2D eigenvalue weighted by Crippen LogP contribution is 2.38. The highest BCUT2D eigenvalue weighted by atomic mass is 79.9. The van der Waals surface area contributed by atoms with E-state index < -0.39 is 0 Å². The van der Waals surface area contributed by atoms with Gasteiger partial charge in [0.15, 0.2) is 5.75 Å². The van der Waals surface area contributed by atoms with Crippen LogP contribution in [0.3, 0.4) is 0 Å². The Kier molecular flexibility index (Phi) is 3.74. The van der Waals surface area contributed by atoms with E-state index in [1.807, 2.05) is 24.3 Å². The van der Waals surface area contributed by atoms with E-state index in [4.69, 9.17) is 27.9 Å². The van der Waals surface area contributed by atoms with Crippen molar-refractivity contribution >= 4 is 39.1 Å². The zero-order valence-corrected chi connectivity index (χ0v) is 11.2. The lowest BCUT2D eigenvalue weighted by molar-refractivity contribution is 0.480. The lowest BCUT2D eigenvalue weighted by atomic mass is 10.3. The summed E-state index contributed by atoms with van der Waals surface area (Å²) in [5.74, 6) is 1.15. The van der Waals surface area contributed by atoms with Gasteiger partial charge in [0.2, 0.25) is 0 Å². The van der Waals surface area contributed by atoms with Crippen molar-refractivity contribution in [3.63, 3.8) is 0 Å².